The molecule has 1 unspecified atom stereocenters. The van der Waals surface area contributed by atoms with Crippen LogP contribution in [0, 0.1) is 11.3 Å². The number of nitrogens with two attached hydrogens (primary N) is 1. The summed E-state index contributed by atoms with van der Waals surface area (Å²) in [6.45, 7) is 1.93. The molecular weight excluding hydrogens is 384 g/mol. The number of nitrogen functional groups attached to an aromatic ring is 1. The summed E-state index contributed by atoms with van der Waals surface area (Å²) in [5.74, 6) is 1.52. The number of ether oxygens (including phenoxy) is 1. The number of anilines is 3. The van der Waals surface area contributed by atoms with Crippen molar-refractivity contribution in [3.05, 3.63) is 59.4 Å². The van der Waals surface area contributed by atoms with Gasteiger partial charge < -0.3 is 15.8 Å². The molecule has 0 spiro atoms. The SMILES string of the molecule is CC1(Oc2ccc(Nc3cc(-c4ccsc4)nc(N)n3)cc2)C=CN=C(C#N)C1. The van der Waals surface area contributed by atoms with Crippen LogP contribution in [0.1, 0.15) is 13.3 Å². The van der Waals surface area contributed by atoms with E-state index in [2.05, 4.69) is 26.3 Å². The first-order chi connectivity index (χ1) is 14.0. The number of nitrogens with zero attached hydrogens (tertiary/aromatic N) is 4. The molecule has 8 heteroatoms. The second-order valence-electron chi connectivity index (χ2n) is 6.75. The minimum atomic E-state index is -0.599. The predicted octanol–water partition coefficient (Wildman–Crippen LogP) is 4.55. The molecule has 0 amide bonds. The maximum atomic E-state index is 9.07. The van der Waals surface area contributed by atoms with Gasteiger partial charge in [-0.1, -0.05) is 0 Å². The second kappa shape index (κ2) is 7.73. The van der Waals surface area contributed by atoms with Crippen LogP contribution in [0.25, 0.3) is 11.3 Å². The van der Waals surface area contributed by atoms with E-state index in [0.29, 0.717) is 23.7 Å². The standard InChI is InChI=1S/C21H18N6OS/c1-21(7-8-24-16(11-21)12-22)28-17-4-2-15(3-5-17)25-19-10-18(26-20(23)27-19)14-6-9-29-13-14/h2-10,13H,11H2,1H3,(H3,23,25,26,27). The smallest absolute Gasteiger partial charge is 0.222 e. The molecule has 1 aliphatic heterocycles. The van der Waals surface area contributed by atoms with E-state index in [4.69, 9.17) is 15.7 Å². The van der Waals surface area contributed by atoms with Gasteiger partial charge in [-0.15, -0.1) is 0 Å². The fourth-order valence-corrected chi connectivity index (χ4v) is 3.62. The summed E-state index contributed by atoms with van der Waals surface area (Å²) in [6, 6.07) is 13.5. The van der Waals surface area contributed by atoms with Crippen LogP contribution in [0.2, 0.25) is 0 Å². The molecule has 0 saturated carbocycles. The van der Waals surface area contributed by atoms with Crippen LogP contribution in [0.5, 0.6) is 5.75 Å². The van der Waals surface area contributed by atoms with Gasteiger partial charge in [-0.3, -0.25) is 4.99 Å². The fraction of sp³-hybridized carbons (Fsp3) is 0.143. The topological polar surface area (TPSA) is 109 Å². The molecule has 3 N–H and O–H groups in total. The maximum absolute atomic E-state index is 9.07. The summed E-state index contributed by atoms with van der Waals surface area (Å²) in [6.07, 6.45) is 3.91. The maximum Gasteiger partial charge on any atom is 0.222 e. The molecule has 4 rings (SSSR count). The summed E-state index contributed by atoms with van der Waals surface area (Å²) in [5.41, 5.74) is 8.34. The molecular formula is C21H18N6OS. The minimum absolute atomic E-state index is 0.211. The van der Waals surface area contributed by atoms with Crippen LogP contribution >= 0.6 is 11.3 Å². The van der Waals surface area contributed by atoms with Crippen LogP contribution in [0.3, 0.4) is 0 Å². The van der Waals surface area contributed by atoms with Gasteiger partial charge in [0.25, 0.3) is 0 Å². The number of nitriles is 1. The third-order valence-electron chi connectivity index (χ3n) is 4.34. The van der Waals surface area contributed by atoms with Crippen molar-refractivity contribution in [1.29, 1.82) is 5.26 Å². The highest BCUT2D eigenvalue weighted by molar-refractivity contribution is 7.08. The number of rotatable bonds is 5. The van der Waals surface area contributed by atoms with Crippen molar-refractivity contribution in [2.75, 3.05) is 11.1 Å². The monoisotopic (exact) mass is 402 g/mol. The van der Waals surface area contributed by atoms with Crippen LogP contribution in [-0.2, 0) is 0 Å². The van der Waals surface area contributed by atoms with Crippen LogP contribution in [-0.4, -0.2) is 21.3 Å². The summed E-state index contributed by atoms with van der Waals surface area (Å²) < 4.78 is 6.08. The summed E-state index contributed by atoms with van der Waals surface area (Å²) >= 11 is 1.60. The Morgan fingerprint density at radius 3 is 2.79 bits per heavy atom. The molecule has 1 aliphatic rings. The lowest BCUT2D eigenvalue weighted by Crippen LogP contribution is -2.34. The van der Waals surface area contributed by atoms with Crippen LogP contribution < -0.4 is 15.8 Å². The highest BCUT2D eigenvalue weighted by Crippen LogP contribution is 2.28. The first-order valence-corrected chi connectivity index (χ1v) is 9.85. The van der Waals surface area contributed by atoms with Crippen molar-refractivity contribution in [2.24, 2.45) is 4.99 Å². The Kier molecular flexibility index (Phi) is 4.97. The second-order valence-corrected chi connectivity index (χ2v) is 7.53. The third kappa shape index (κ3) is 4.42. The van der Waals surface area contributed by atoms with E-state index in [1.54, 1.807) is 17.5 Å². The van der Waals surface area contributed by atoms with Crippen LogP contribution in [0.15, 0.2) is 64.4 Å². The molecule has 144 valence electrons. The molecule has 2 aromatic heterocycles. The lowest BCUT2D eigenvalue weighted by Gasteiger charge is -2.28. The zero-order chi connectivity index (χ0) is 20.3. The van der Waals surface area contributed by atoms with Gasteiger partial charge in [-0.05, 0) is 48.7 Å². The van der Waals surface area contributed by atoms with Crippen molar-refractivity contribution in [2.45, 2.75) is 18.9 Å². The Hall–Kier alpha value is -3.70. The predicted molar refractivity (Wildman–Crippen MR) is 115 cm³/mol. The molecule has 29 heavy (non-hydrogen) atoms. The van der Waals surface area contributed by atoms with Crippen molar-refractivity contribution in [3.8, 4) is 23.1 Å². The van der Waals surface area contributed by atoms with E-state index < -0.39 is 5.60 Å². The molecule has 3 aromatic rings. The van der Waals surface area contributed by atoms with Gasteiger partial charge in [0.15, 0.2) is 0 Å². The van der Waals surface area contributed by atoms with Gasteiger partial charge >= 0.3 is 0 Å². The molecule has 0 fully saturated rings. The molecule has 3 heterocycles. The summed E-state index contributed by atoms with van der Waals surface area (Å²) in [7, 11) is 0. The number of benzene rings is 1. The lowest BCUT2D eigenvalue weighted by atomic mass is 9.97. The van der Waals surface area contributed by atoms with Crippen molar-refractivity contribution in [1.82, 2.24) is 9.97 Å². The molecule has 1 atom stereocenters. The highest BCUT2D eigenvalue weighted by Gasteiger charge is 2.28. The zero-order valence-corrected chi connectivity index (χ0v) is 16.5. The average Bonchev–Trinajstić information content (AvgIpc) is 3.24. The quantitative estimate of drug-likeness (QED) is 0.648. The molecule has 0 aliphatic carbocycles. The number of hydrogen-bond acceptors (Lipinski definition) is 8. The molecule has 0 radical (unpaired) electrons. The van der Waals surface area contributed by atoms with E-state index in [-0.39, 0.29) is 5.95 Å². The highest BCUT2D eigenvalue weighted by atomic mass is 32.1. The Morgan fingerprint density at radius 1 is 1.24 bits per heavy atom. The molecule has 0 bridgehead atoms. The van der Waals surface area contributed by atoms with E-state index in [9.17, 15) is 0 Å². The third-order valence-corrected chi connectivity index (χ3v) is 5.03. The molecule has 0 saturated heterocycles. The average molecular weight is 402 g/mol. The summed E-state index contributed by atoms with van der Waals surface area (Å²) in [5, 5.41) is 16.3. The minimum Gasteiger partial charge on any atom is -0.483 e. The van der Waals surface area contributed by atoms with E-state index >= 15 is 0 Å². The Morgan fingerprint density at radius 2 is 2.07 bits per heavy atom. The van der Waals surface area contributed by atoms with Gasteiger partial charge in [0.2, 0.25) is 5.95 Å². The number of nitrogens with one attached hydrogen (secondary N) is 1. The van der Waals surface area contributed by atoms with Gasteiger partial charge in [0, 0.05) is 35.3 Å². The first-order valence-electron chi connectivity index (χ1n) is 8.91. The van der Waals surface area contributed by atoms with E-state index in [0.717, 1.165) is 16.9 Å². The normalized spacial score (nSPS) is 18.0. The Balaban J connectivity index is 1.47. The molecule has 7 nitrogen and oxygen atoms in total. The first kappa shape index (κ1) is 18.7. The van der Waals surface area contributed by atoms with Crippen molar-refractivity contribution in [3.63, 3.8) is 0 Å². The van der Waals surface area contributed by atoms with Gasteiger partial charge in [0.05, 0.1) is 5.69 Å². The number of thiophene rings is 1. The van der Waals surface area contributed by atoms with Gasteiger partial charge in [-0.2, -0.15) is 21.6 Å². The summed E-state index contributed by atoms with van der Waals surface area (Å²) in [4.78, 5) is 12.6. The van der Waals surface area contributed by atoms with Crippen molar-refractivity contribution < 1.29 is 4.74 Å². The number of aliphatic imine (C=N–C) groups is 1. The van der Waals surface area contributed by atoms with E-state index in [1.165, 1.54) is 0 Å². The molecule has 1 aromatic carbocycles. The van der Waals surface area contributed by atoms with E-state index in [1.807, 2.05) is 60.2 Å². The van der Waals surface area contributed by atoms with Crippen LogP contribution in [0.4, 0.5) is 17.5 Å². The largest absolute Gasteiger partial charge is 0.483 e. The fourth-order valence-electron chi connectivity index (χ4n) is 2.97. The Labute approximate surface area is 172 Å². The number of aromatic nitrogens is 2. The Bertz CT molecular complexity index is 1120. The van der Waals surface area contributed by atoms with Crippen molar-refractivity contribution >= 4 is 34.5 Å². The zero-order valence-electron chi connectivity index (χ0n) is 15.7. The van der Waals surface area contributed by atoms with Gasteiger partial charge in [0.1, 0.15) is 28.9 Å². The van der Waals surface area contributed by atoms with Gasteiger partial charge in [-0.25, -0.2) is 4.98 Å². The lowest BCUT2D eigenvalue weighted by molar-refractivity contribution is 0.147. The number of hydrogen-bond donors (Lipinski definition) is 2.